The summed E-state index contributed by atoms with van der Waals surface area (Å²) in [6.45, 7) is 0.782. The Hall–Kier alpha value is -0.220. The average Bonchev–Trinajstić information content (AvgIpc) is 2.05. The van der Waals surface area contributed by atoms with Gasteiger partial charge in [0.2, 0.25) is 0 Å². The van der Waals surface area contributed by atoms with E-state index in [4.69, 9.17) is 0 Å². The van der Waals surface area contributed by atoms with Crippen molar-refractivity contribution in [3.05, 3.63) is 0 Å². The fraction of sp³-hybridized carbons (Fsp3) is 0.833. The minimum absolute atomic E-state index is 0.202. The van der Waals surface area contributed by atoms with Gasteiger partial charge in [0.25, 0.3) is 0 Å². The highest BCUT2D eigenvalue weighted by molar-refractivity contribution is 7.99. The number of carbonyl (C=O) groups excluding carboxylic acids is 1. The van der Waals surface area contributed by atoms with Crippen molar-refractivity contribution >= 4 is 17.7 Å². The van der Waals surface area contributed by atoms with Crippen LogP contribution in [0.2, 0.25) is 0 Å². The molecule has 1 heterocycles. The van der Waals surface area contributed by atoms with Crippen LogP contribution in [0.1, 0.15) is 0 Å². The van der Waals surface area contributed by atoms with Crippen molar-refractivity contribution in [3.8, 4) is 0 Å². The van der Waals surface area contributed by atoms with Crippen molar-refractivity contribution in [3.63, 3.8) is 0 Å². The van der Waals surface area contributed by atoms with E-state index in [1.54, 1.807) is 11.8 Å². The van der Waals surface area contributed by atoms with Gasteiger partial charge in [-0.15, -0.1) is 0 Å². The van der Waals surface area contributed by atoms with Gasteiger partial charge in [-0.2, -0.15) is 11.8 Å². The number of rotatable bonds is 1. The van der Waals surface area contributed by atoms with Gasteiger partial charge in [-0.05, 0) is 0 Å². The van der Waals surface area contributed by atoms with E-state index in [0.717, 1.165) is 18.1 Å². The van der Waals surface area contributed by atoms with E-state index < -0.39 is 0 Å². The third-order valence-corrected chi connectivity index (χ3v) is 2.36. The highest BCUT2D eigenvalue weighted by Crippen LogP contribution is 2.09. The Bertz CT molecular complexity index is 123. The first-order valence-electron chi connectivity index (χ1n) is 3.17. The smallest absolute Gasteiger partial charge is 0.325 e. The number of ether oxygens (including phenoxy) is 1. The SMILES string of the molecule is COC(=O)C1CSCC[N]1. The standard InChI is InChI=1S/C6H10NO2S/c1-9-6(8)5-4-10-3-2-7-5/h5H,2-4H2,1H3. The molecule has 57 valence electrons. The van der Waals surface area contributed by atoms with E-state index in [1.165, 1.54) is 7.11 Å². The van der Waals surface area contributed by atoms with Crippen LogP contribution in [0.4, 0.5) is 0 Å². The molecule has 1 fully saturated rings. The van der Waals surface area contributed by atoms with Crippen LogP contribution in [0.25, 0.3) is 0 Å². The zero-order valence-electron chi connectivity index (χ0n) is 5.87. The second-order valence-electron chi connectivity index (χ2n) is 2.02. The number of thioether (sulfide) groups is 1. The maximum Gasteiger partial charge on any atom is 0.325 e. The number of carbonyl (C=O) groups is 1. The lowest BCUT2D eigenvalue weighted by molar-refractivity contribution is -0.142. The van der Waals surface area contributed by atoms with Crippen LogP contribution < -0.4 is 5.32 Å². The van der Waals surface area contributed by atoms with Crippen molar-refractivity contribution in [2.24, 2.45) is 0 Å². The van der Waals surface area contributed by atoms with Gasteiger partial charge in [0.1, 0.15) is 6.04 Å². The van der Waals surface area contributed by atoms with Crippen LogP contribution in [-0.4, -0.2) is 37.2 Å². The fourth-order valence-electron chi connectivity index (χ4n) is 0.799. The first-order chi connectivity index (χ1) is 4.84. The molecule has 1 aliphatic rings. The molecule has 1 radical (unpaired) electrons. The van der Waals surface area contributed by atoms with Gasteiger partial charge in [-0.25, -0.2) is 5.32 Å². The second kappa shape index (κ2) is 3.83. The van der Waals surface area contributed by atoms with Crippen LogP contribution in [0.15, 0.2) is 0 Å². The highest BCUT2D eigenvalue weighted by atomic mass is 32.2. The molecule has 1 saturated heterocycles. The van der Waals surface area contributed by atoms with E-state index in [2.05, 4.69) is 10.1 Å². The molecule has 1 aliphatic heterocycles. The van der Waals surface area contributed by atoms with Crippen molar-refractivity contribution in [1.82, 2.24) is 5.32 Å². The molecule has 1 unspecified atom stereocenters. The molecule has 0 saturated carbocycles. The molecule has 0 aliphatic carbocycles. The topological polar surface area (TPSA) is 40.4 Å². The van der Waals surface area contributed by atoms with Crippen LogP contribution in [0, 0.1) is 0 Å². The molecule has 0 aromatic rings. The molecule has 0 aromatic carbocycles. The molecular weight excluding hydrogens is 150 g/mol. The van der Waals surface area contributed by atoms with Gasteiger partial charge in [-0.1, -0.05) is 0 Å². The molecule has 0 spiro atoms. The number of hydrogen-bond acceptors (Lipinski definition) is 3. The molecule has 4 heteroatoms. The summed E-state index contributed by atoms with van der Waals surface area (Å²) in [5.41, 5.74) is 0. The summed E-state index contributed by atoms with van der Waals surface area (Å²) < 4.78 is 4.54. The third kappa shape index (κ3) is 1.88. The summed E-state index contributed by atoms with van der Waals surface area (Å²) >= 11 is 1.75. The highest BCUT2D eigenvalue weighted by Gasteiger charge is 2.22. The summed E-state index contributed by atoms with van der Waals surface area (Å²) in [6.07, 6.45) is 0. The van der Waals surface area contributed by atoms with Gasteiger partial charge in [0.15, 0.2) is 0 Å². The lowest BCUT2D eigenvalue weighted by Gasteiger charge is -2.18. The molecule has 0 N–H and O–H groups in total. The summed E-state index contributed by atoms with van der Waals surface area (Å²) in [5, 5.41) is 4.10. The Kier molecular flexibility index (Phi) is 3.02. The average molecular weight is 160 g/mol. The van der Waals surface area contributed by atoms with E-state index in [0.29, 0.717) is 0 Å². The van der Waals surface area contributed by atoms with Crippen molar-refractivity contribution < 1.29 is 9.53 Å². The van der Waals surface area contributed by atoms with Crippen molar-refractivity contribution in [2.45, 2.75) is 6.04 Å². The number of esters is 1. The predicted molar refractivity (Wildman–Crippen MR) is 40.1 cm³/mol. The molecule has 0 bridgehead atoms. The first kappa shape index (κ1) is 7.88. The molecule has 1 rings (SSSR count). The maximum atomic E-state index is 10.8. The van der Waals surface area contributed by atoms with E-state index >= 15 is 0 Å². The number of methoxy groups -OCH3 is 1. The fourth-order valence-corrected chi connectivity index (χ4v) is 1.67. The molecule has 0 amide bonds. The quantitative estimate of drug-likeness (QED) is 0.502. The maximum absolute atomic E-state index is 10.8. The molecule has 10 heavy (non-hydrogen) atoms. The zero-order valence-corrected chi connectivity index (χ0v) is 6.69. The molecule has 3 nitrogen and oxygen atoms in total. The van der Waals surface area contributed by atoms with E-state index in [9.17, 15) is 4.79 Å². The van der Waals surface area contributed by atoms with Gasteiger partial charge in [0, 0.05) is 18.1 Å². The summed E-state index contributed by atoms with van der Waals surface area (Å²) in [4.78, 5) is 10.8. The Morgan fingerprint density at radius 3 is 3.10 bits per heavy atom. The zero-order chi connectivity index (χ0) is 7.40. The van der Waals surface area contributed by atoms with Crippen LogP contribution >= 0.6 is 11.8 Å². The van der Waals surface area contributed by atoms with Crippen molar-refractivity contribution in [1.29, 1.82) is 0 Å². The predicted octanol–water partition coefficient (Wildman–Crippen LogP) is -0.121. The minimum atomic E-state index is -0.205. The van der Waals surface area contributed by atoms with Gasteiger partial charge in [0.05, 0.1) is 7.11 Å². The number of nitrogens with zero attached hydrogens (tertiary/aromatic N) is 1. The number of hydrogen-bond donors (Lipinski definition) is 0. The van der Waals surface area contributed by atoms with Gasteiger partial charge < -0.3 is 4.74 Å². The summed E-state index contributed by atoms with van der Waals surface area (Å²) in [5.74, 6) is 1.62. The van der Waals surface area contributed by atoms with Crippen LogP contribution in [0.5, 0.6) is 0 Å². The third-order valence-electron chi connectivity index (χ3n) is 1.33. The molecular formula is C6H10NO2S. The normalized spacial score (nSPS) is 25.9. The van der Waals surface area contributed by atoms with Crippen molar-refractivity contribution in [2.75, 3.05) is 25.2 Å². The Labute approximate surface area is 64.5 Å². The van der Waals surface area contributed by atoms with E-state index in [-0.39, 0.29) is 12.0 Å². The van der Waals surface area contributed by atoms with Gasteiger partial charge >= 0.3 is 5.97 Å². The monoisotopic (exact) mass is 160 g/mol. The van der Waals surface area contributed by atoms with E-state index in [1.807, 2.05) is 0 Å². The summed E-state index contributed by atoms with van der Waals surface area (Å²) in [6, 6.07) is -0.205. The largest absolute Gasteiger partial charge is 0.468 e. The van der Waals surface area contributed by atoms with Crippen LogP contribution in [-0.2, 0) is 9.53 Å². The van der Waals surface area contributed by atoms with Crippen LogP contribution in [0.3, 0.4) is 0 Å². The second-order valence-corrected chi connectivity index (χ2v) is 3.17. The lowest BCUT2D eigenvalue weighted by atomic mass is 10.3. The molecule has 0 aromatic heterocycles. The Morgan fingerprint density at radius 2 is 2.60 bits per heavy atom. The Morgan fingerprint density at radius 1 is 1.80 bits per heavy atom. The molecule has 1 atom stereocenters. The minimum Gasteiger partial charge on any atom is -0.468 e. The van der Waals surface area contributed by atoms with Gasteiger partial charge in [-0.3, -0.25) is 4.79 Å². The summed E-state index contributed by atoms with van der Waals surface area (Å²) in [7, 11) is 1.40. The first-order valence-corrected chi connectivity index (χ1v) is 4.32. The lowest BCUT2D eigenvalue weighted by Crippen LogP contribution is -2.38. The Balaban J connectivity index is 2.31.